The van der Waals surface area contributed by atoms with Gasteiger partial charge in [0.15, 0.2) is 0 Å². The highest BCUT2D eigenvalue weighted by molar-refractivity contribution is 5.85. The first kappa shape index (κ1) is 15.8. The second kappa shape index (κ2) is 6.99. The van der Waals surface area contributed by atoms with Gasteiger partial charge in [0.25, 0.3) is 5.91 Å². The zero-order chi connectivity index (χ0) is 15.5. The average molecular weight is 308 g/mol. The van der Waals surface area contributed by atoms with Crippen molar-refractivity contribution in [2.45, 2.75) is 83.3 Å². The number of hydroxylamine groups is 2. The van der Waals surface area contributed by atoms with Crippen molar-refractivity contribution in [2.24, 2.45) is 11.8 Å². The van der Waals surface area contributed by atoms with Crippen LogP contribution >= 0.6 is 0 Å². The molecule has 0 aromatic heterocycles. The molecule has 1 saturated heterocycles. The van der Waals surface area contributed by atoms with E-state index in [0.717, 1.165) is 25.7 Å². The Kier molecular flexibility index (Phi) is 5.01. The van der Waals surface area contributed by atoms with Gasteiger partial charge in [-0.1, -0.05) is 38.5 Å². The van der Waals surface area contributed by atoms with E-state index in [1.54, 1.807) is 0 Å². The van der Waals surface area contributed by atoms with E-state index in [-0.39, 0.29) is 18.1 Å². The lowest BCUT2D eigenvalue weighted by Gasteiger charge is -2.32. The van der Waals surface area contributed by atoms with Crippen molar-refractivity contribution >= 4 is 11.9 Å². The molecule has 0 aromatic rings. The maximum absolute atomic E-state index is 12.8. The van der Waals surface area contributed by atoms with Gasteiger partial charge >= 0.3 is 5.97 Å². The summed E-state index contributed by atoms with van der Waals surface area (Å²) in [7, 11) is 0. The molecule has 3 aliphatic rings. The van der Waals surface area contributed by atoms with Crippen LogP contribution in [0.2, 0.25) is 0 Å². The lowest BCUT2D eigenvalue weighted by molar-refractivity contribution is -0.204. The summed E-state index contributed by atoms with van der Waals surface area (Å²) in [5.74, 6) is 0.372. The van der Waals surface area contributed by atoms with Gasteiger partial charge in [0.2, 0.25) is 0 Å². The fourth-order valence-corrected chi connectivity index (χ4v) is 4.42. The molecule has 1 aliphatic heterocycles. The van der Waals surface area contributed by atoms with Crippen LogP contribution in [0.15, 0.2) is 0 Å². The number of nitrogens with one attached hydrogen (secondary N) is 1. The predicted octanol–water partition coefficient (Wildman–Crippen LogP) is 2.75. The minimum atomic E-state index is -0.403. The fraction of sp³-hybridized carbons (Fsp3) is 0.882. The van der Waals surface area contributed by atoms with Gasteiger partial charge in [0, 0.05) is 6.92 Å². The summed E-state index contributed by atoms with van der Waals surface area (Å²) >= 11 is 0. The van der Waals surface area contributed by atoms with Crippen LogP contribution < -0.4 is 5.32 Å². The number of nitrogens with zero attached hydrogens (tertiary/aromatic N) is 1. The van der Waals surface area contributed by atoms with Gasteiger partial charge in [0.1, 0.15) is 6.17 Å². The summed E-state index contributed by atoms with van der Waals surface area (Å²) in [6, 6.07) is -0.161. The number of rotatable bonds is 3. The van der Waals surface area contributed by atoms with Gasteiger partial charge in [-0.25, -0.2) is 0 Å². The minimum absolute atomic E-state index is 0.0299. The van der Waals surface area contributed by atoms with Crippen LogP contribution in [-0.4, -0.2) is 29.1 Å². The standard InChI is InChI=1S/C17H28N2O3/c1-12(20)22-19-16(14-10-6-3-7-11-14)18-15(17(19)21)13-8-4-2-5-9-13/h13-16,18H,2-11H2,1H3/t15-,16+/m0/s1. The summed E-state index contributed by atoms with van der Waals surface area (Å²) in [5.41, 5.74) is 0. The van der Waals surface area contributed by atoms with Crippen molar-refractivity contribution in [3.8, 4) is 0 Å². The SMILES string of the molecule is CC(=O)ON1C(=O)[C@H](C2CCCCC2)N[C@H]1C1CCCCC1. The van der Waals surface area contributed by atoms with Crippen LogP contribution in [0, 0.1) is 11.8 Å². The van der Waals surface area contributed by atoms with Gasteiger partial charge in [-0.3, -0.25) is 14.9 Å². The minimum Gasteiger partial charge on any atom is -0.337 e. The zero-order valence-corrected chi connectivity index (χ0v) is 13.6. The summed E-state index contributed by atoms with van der Waals surface area (Å²) in [4.78, 5) is 29.5. The Morgan fingerprint density at radius 3 is 2.09 bits per heavy atom. The van der Waals surface area contributed by atoms with Crippen LogP contribution in [-0.2, 0) is 14.4 Å². The number of hydrogen-bond acceptors (Lipinski definition) is 4. The molecule has 1 amide bonds. The van der Waals surface area contributed by atoms with Crippen LogP contribution in [0.4, 0.5) is 0 Å². The Hall–Kier alpha value is -1.10. The topological polar surface area (TPSA) is 58.6 Å². The Bertz CT molecular complexity index is 414. The van der Waals surface area contributed by atoms with E-state index in [1.165, 1.54) is 50.5 Å². The molecule has 2 saturated carbocycles. The number of amides is 1. The molecule has 0 unspecified atom stereocenters. The van der Waals surface area contributed by atoms with Crippen molar-refractivity contribution in [3.05, 3.63) is 0 Å². The molecular weight excluding hydrogens is 280 g/mol. The maximum Gasteiger partial charge on any atom is 0.329 e. The summed E-state index contributed by atoms with van der Waals surface area (Å²) < 4.78 is 0. The monoisotopic (exact) mass is 308 g/mol. The molecule has 0 aromatic carbocycles. The molecule has 3 fully saturated rings. The molecule has 5 heteroatoms. The van der Waals surface area contributed by atoms with E-state index >= 15 is 0 Å². The molecule has 3 rings (SSSR count). The predicted molar refractivity (Wildman–Crippen MR) is 82.5 cm³/mol. The van der Waals surface area contributed by atoms with E-state index in [2.05, 4.69) is 5.32 Å². The van der Waals surface area contributed by atoms with E-state index in [4.69, 9.17) is 4.84 Å². The molecule has 0 bridgehead atoms. The van der Waals surface area contributed by atoms with Gasteiger partial charge in [-0.15, -0.1) is 0 Å². The number of hydrogen-bond donors (Lipinski definition) is 1. The Morgan fingerprint density at radius 2 is 1.55 bits per heavy atom. The van der Waals surface area contributed by atoms with Crippen molar-refractivity contribution < 1.29 is 14.4 Å². The van der Waals surface area contributed by atoms with Crippen molar-refractivity contribution in [2.75, 3.05) is 0 Å². The van der Waals surface area contributed by atoms with Gasteiger partial charge in [-0.2, -0.15) is 5.06 Å². The highest BCUT2D eigenvalue weighted by Crippen LogP contribution is 2.35. The molecule has 124 valence electrons. The molecule has 0 spiro atoms. The molecular formula is C17H28N2O3. The van der Waals surface area contributed by atoms with Crippen LogP contribution in [0.5, 0.6) is 0 Å². The third-order valence-electron chi connectivity index (χ3n) is 5.53. The molecule has 1 heterocycles. The van der Waals surface area contributed by atoms with Crippen molar-refractivity contribution in [1.29, 1.82) is 0 Å². The Balaban J connectivity index is 1.74. The molecule has 0 radical (unpaired) electrons. The molecule has 5 nitrogen and oxygen atoms in total. The highest BCUT2D eigenvalue weighted by atomic mass is 16.7. The van der Waals surface area contributed by atoms with E-state index in [9.17, 15) is 9.59 Å². The second-order valence-electron chi connectivity index (χ2n) is 7.13. The lowest BCUT2D eigenvalue weighted by atomic mass is 9.83. The maximum atomic E-state index is 12.8. The first-order valence-electron chi connectivity index (χ1n) is 8.94. The molecule has 2 atom stereocenters. The van der Waals surface area contributed by atoms with Crippen molar-refractivity contribution in [1.82, 2.24) is 10.4 Å². The van der Waals surface area contributed by atoms with Gasteiger partial charge in [0.05, 0.1) is 6.04 Å². The summed E-state index contributed by atoms with van der Waals surface area (Å²) in [6.45, 7) is 1.37. The lowest BCUT2D eigenvalue weighted by Crippen LogP contribution is -2.45. The largest absolute Gasteiger partial charge is 0.337 e. The molecule has 22 heavy (non-hydrogen) atoms. The molecule has 1 N–H and O–H groups in total. The first-order chi connectivity index (χ1) is 10.7. The highest BCUT2D eigenvalue weighted by Gasteiger charge is 2.47. The smallest absolute Gasteiger partial charge is 0.329 e. The second-order valence-corrected chi connectivity index (χ2v) is 7.13. The van der Waals surface area contributed by atoms with Crippen LogP contribution in [0.1, 0.15) is 71.1 Å². The fourth-order valence-electron chi connectivity index (χ4n) is 4.42. The van der Waals surface area contributed by atoms with Gasteiger partial charge < -0.3 is 4.84 Å². The Morgan fingerprint density at radius 1 is 1.00 bits per heavy atom. The summed E-state index contributed by atoms with van der Waals surface area (Å²) in [6.07, 6.45) is 11.7. The molecule has 2 aliphatic carbocycles. The third kappa shape index (κ3) is 3.29. The normalized spacial score (nSPS) is 31.5. The van der Waals surface area contributed by atoms with E-state index in [1.807, 2.05) is 0 Å². The van der Waals surface area contributed by atoms with Crippen LogP contribution in [0.3, 0.4) is 0 Å². The quantitative estimate of drug-likeness (QED) is 0.871. The number of carbonyl (C=O) groups excluding carboxylic acids is 2. The summed E-state index contributed by atoms with van der Waals surface area (Å²) in [5, 5.41) is 4.91. The number of carbonyl (C=O) groups is 2. The Labute approximate surface area is 132 Å². The van der Waals surface area contributed by atoms with Crippen molar-refractivity contribution in [3.63, 3.8) is 0 Å². The van der Waals surface area contributed by atoms with E-state index < -0.39 is 5.97 Å². The third-order valence-corrected chi connectivity index (χ3v) is 5.53. The first-order valence-corrected chi connectivity index (χ1v) is 8.94. The van der Waals surface area contributed by atoms with E-state index in [0.29, 0.717) is 11.8 Å². The zero-order valence-electron chi connectivity index (χ0n) is 13.6. The van der Waals surface area contributed by atoms with Gasteiger partial charge in [-0.05, 0) is 37.5 Å². The van der Waals surface area contributed by atoms with Crippen LogP contribution in [0.25, 0.3) is 0 Å². The average Bonchev–Trinajstić information content (AvgIpc) is 2.86.